The van der Waals surface area contributed by atoms with Gasteiger partial charge in [0.25, 0.3) is 0 Å². The van der Waals surface area contributed by atoms with E-state index in [1.807, 2.05) is 12.4 Å². The van der Waals surface area contributed by atoms with Crippen molar-refractivity contribution >= 4 is 22.6 Å². The molecule has 0 N–H and O–H groups in total. The lowest BCUT2D eigenvalue weighted by atomic mass is 9.87. The minimum atomic E-state index is -0.246. The summed E-state index contributed by atoms with van der Waals surface area (Å²) in [5, 5.41) is 10.5. The predicted molar refractivity (Wildman–Crippen MR) is 166 cm³/mol. The van der Waals surface area contributed by atoms with Crippen molar-refractivity contribution in [2.24, 2.45) is 0 Å². The summed E-state index contributed by atoms with van der Waals surface area (Å²) < 4.78 is 6.49. The number of aromatic nitrogens is 3. The summed E-state index contributed by atoms with van der Waals surface area (Å²) in [5.41, 5.74) is 5.95. The fraction of sp³-hybridized carbons (Fsp3) is 0.500. The van der Waals surface area contributed by atoms with Crippen LogP contribution in [0.2, 0.25) is 0 Å². The zero-order chi connectivity index (χ0) is 29.4. The van der Waals surface area contributed by atoms with Crippen LogP contribution in [0.5, 0.6) is 6.01 Å². The number of ether oxygens (including phenoxy) is 1. The molecule has 0 bridgehead atoms. The Balaban J connectivity index is 1.27. The highest BCUT2D eigenvalue weighted by Crippen LogP contribution is 2.40. The third-order valence-corrected chi connectivity index (χ3v) is 10.1. The highest BCUT2D eigenvalue weighted by atomic mass is 16.5. The number of fused-ring (bicyclic) bond motifs is 3. The number of benzene rings is 1. The second kappa shape index (κ2) is 11.6. The van der Waals surface area contributed by atoms with Gasteiger partial charge >= 0.3 is 6.01 Å². The summed E-state index contributed by atoms with van der Waals surface area (Å²) in [7, 11) is 0. The van der Waals surface area contributed by atoms with Crippen molar-refractivity contribution in [3.8, 4) is 23.2 Å². The summed E-state index contributed by atoms with van der Waals surface area (Å²) in [6, 6.07) is 8.83. The maximum atomic E-state index is 12.6. The summed E-state index contributed by atoms with van der Waals surface area (Å²) in [6.07, 6.45) is 14.9. The van der Waals surface area contributed by atoms with Crippen LogP contribution in [0.3, 0.4) is 0 Å². The van der Waals surface area contributed by atoms with Crippen LogP contribution in [0.15, 0.2) is 43.2 Å². The van der Waals surface area contributed by atoms with E-state index < -0.39 is 0 Å². The Morgan fingerprint density at radius 1 is 1.09 bits per heavy atom. The second-order valence-corrected chi connectivity index (χ2v) is 12.5. The van der Waals surface area contributed by atoms with Gasteiger partial charge in [-0.05, 0) is 99.4 Å². The molecule has 2 aromatic heterocycles. The first-order valence-corrected chi connectivity index (χ1v) is 15.8. The van der Waals surface area contributed by atoms with Crippen LogP contribution >= 0.6 is 0 Å². The quantitative estimate of drug-likeness (QED) is 0.373. The number of amides is 1. The van der Waals surface area contributed by atoms with E-state index in [9.17, 15) is 10.1 Å². The van der Waals surface area contributed by atoms with Crippen LogP contribution in [-0.2, 0) is 17.6 Å². The fourth-order valence-electron chi connectivity index (χ4n) is 7.87. The van der Waals surface area contributed by atoms with Crippen molar-refractivity contribution in [1.82, 2.24) is 24.8 Å². The lowest BCUT2D eigenvalue weighted by Gasteiger charge is -2.41. The van der Waals surface area contributed by atoms with Gasteiger partial charge in [0.2, 0.25) is 5.91 Å². The van der Waals surface area contributed by atoms with Gasteiger partial charge in [-0.3, -0.25) is 14.7 Å². The molecule has 3 fully saturated rings. The number of hydrogen-bond acceptors (Lipinski definition) is 8. The van der Waals surface area contributed by atoms with E-state index in [0.717, 1.165) is 61.1 Å². The molecule has 3 saturated heterocycles. The molecule has 5 heterocycles. The van der Waals surface area contributed by atoms with Crippen LogP contribution in [0.1, 0.15) is 56.1 Å². The Hall–Kier alpha value is -4.03. The van der Waals surface area contributed by atoms with Crippen molar-refractivity contribution in [1.29, 1.82) is 5.26 Å². The van der Waals surface area contributed by atoms with Gasteiger partial charge < -0.3 is 14.5 Å². The van der Waals surface area contributed by atoms with Crippen molar-refractivity contribution in [3.63, 3.8) is 0 Å². The van der Waals surface area contributed by atoms with E-state index >= 15 is 0 Å². The molecule has 43 heavy (non-hydrogen) atoms. The molecule has 4 aliphatic rings. The zero-order valence-electron chi connectivity index (χ0n) is 24.8. The van der Waals surface area contributed by atoms with Gasteiger partial charge in [0.1, 0.15) is 12.4 Å². The van der Waals surface area contributed by atoms with E-state index in [1.165, 1.54) is 48.4 Å². The molecule has 0 radical (unpaired) electrons. The number of carbonyl (C=O) groups excluding carboxylic acids is 1. The number of nitriles is 1. The number of nitrogens with zero attached hydrogens (tertiary/aromatic N) is 7. The van der Waals surface area contributed by atoms with E-state index in [-0.39, 0.29) is 23.9 Å². The van der Waals surface area contributed by atoms with Crippen molar-refractivity contribution in [2.45, 2.75) is 69.4 Å². The molecular formula is C34H39N7O2. The second-order valence-electron chi connectivity index (χ2n) is 12.5. The highest BCUT2D eigenvalue weighted by Gasteiger charge is 2.45. The van der Waals surface area contributed by atoms with Crippen molar-refractivity contribution in [3.05, 3.63) is 54.4 Å². The lowest BCUT2D eigenvalue weighted by Crippen LogP contribution is -2.55. The summed E-state index contributed by atoms with van der Waals surface area (Å²) >= 11 is 0. The standard InChI is InChI=1S/C34H39N7O2/c1-2-31(42)41-18-17-39(22-26(41)11-14-35)32-28-10-9-24(29-21-36-20-25-7-3-4-8-27(25)29)19-30(28)37-33(38-32)43-23-34-12-5-15-40(34)16-6-13-34/h2,9-10,19-21,26H,1,3-8,11-13,15-18,22-23H2/t26-/m0/s1. The van der Waals surface area contributed by atoms with E-state index in [1.54, 1.807) is 4.90 Å². The number of hydrogen-bond donors (Lipinski definition) is 0. The monoisotopic (exact) mass is 577 g/mol. The van der Waals surface area contributed by atoms with Crippen molar-refractivity contribution in [2.75, 3.05) is 44.2 Å². The summed E-state index contributed by atoms with van der Waals surface area (Å²) in [5.74, 6) is 0.651. The normalized spacial score (nSPS) is 21.3. The molecule has 1 aromatic carbocycles. The van der Waals surface area contributed by atoms with Gasteiger partial charge in [-0.2, -0.15) is 15.2 Å². The first kappa shape index (κ1) is 27.8. The van der Waals surface area contributed by atoms with Gasteiger partial charge in [-0.1, -0.05) is 12.6 Å². The zero-order valence-corrected chi connectivity index (χ0v) is 24.8. The molecular weight excluding hydrogens is 538 g/mol. The molecule has 222 valence electrons. The molecule has 3 aliphatic heterocycles. The Morgan fingerprint density at radius 2 is 1.93 bits per heavy atom. The molecule has 1 amide bonds. The van der Waals surface area contributed by atoms with Gasteiger partial charge in [0, 0.05) is 43.0 Å². The SMILES string of the molecule is C=CC(=O)N1CCN(c2nc(OCC34CCCN3CCC4)nc3cc(-c4cncc5c4CCCC5)ccc23)C[C@@H]1CC#N. The van der Waals surface area contributed by atoms with E-state index in [4.69, 9.17) is 14.7 Å². The first-order chi connectivity index (χ1) is 21.1. The van der Waals surface area contributed by atoms with Crippen LogP contribution in [0.25, 0.3) is 22.0 Å². The van der Waals surface area contributed by atoms with Crippen LogP contribution in [-0.4, -0.2) is 81.6 Å². The smallest absolute Gasteiger partial charge is 0.319 e. The third-order valence-electron chi connectivity index (χ3n) is 10.1. The first-order valence-electron chi connectivity index (χ1n) is 15.8. The molecule has 9 nitrogen and oxygen atoms in total. The minimum Gasteiger partial charge on any atom is -0.461 e. The summed E-state index contributed by atoms with van der Waals surface area (Å²) in [6.45, 7) is 8.14. The number of carbonyl (C=O) groups is 1. The van der Waals surface area contributed by atoms with Crippen LogP contribution in [0, 0.1) is 11.3 Å². The van der Waals surface area contributed by atoms with Crippen molar-refractivity contribution < 1.29 is 9.53 Å². The third kappa shape index (κ3) is 5.12. The molecule has 1 atom stereocenters. The Bertz CT molecular complexity index is 1590. The number of aryl methyl sites for hydroxylation is 1. The molecule has 3 aromatic rings. The van der Waals surface area contributed by atoms with Gasteiger partial charge in [0.05, 0.1) is 29.6 Å². The van der Waals surface area contributed by atoms with Crippen LogP contribution in [0.4, 0.5) is 5.82 Å². The molecule has 1 aliphatic carbocycles. The fourth-order valence-corrected chi connectivity index (χ4v) is 7.87. The van der Waals surface area contributed by atoms with Gasteiger partial charge in [-0.15, -0.1) is 0 Å². The molecule has 0 saturated carbocycles. The Labute approximate surface area is 253 Å². The maximum Gasteiger partial charge on any atom is 0.319 e. The lowest BCUT2D eigenvalue weighted by molar-refractivity contribution is -0.128. The largest absolute Gasteiger partial charge is 0.461 e. The Kier molecular flexibility index (Phi) is 7.48. The number of piperazine rings is 1. The molecule has 9 heteroatoms. The molecule has 0 spiro atoms. The minimum absolute atomic E-state index is 0.0870. The van der Waals surface area contributed by atoms with E-state index in [0.29, 0.717) is 32.3 Å². The number of rotatable bonds is 7. The van der Waals surface area contributed by atoms with Crippen LogP contribution < -0.4 is 9.64 Å². The number of anilines is 1. The average Bonchev–Trinajstić information content (AvgIpc) is 3.63. The predicted octanol–water partition coefficient (Wildman–Crippen LogP) is 4.69. The van der Waals surface area contributed by atoms with Gasteiger partial charge in [0.15, 0.2) is 0 Å². The maximum absolute atomic E-state index is 12.6. The van der Waals surface area contributed by atoms with Gasteiger partial charge in [-0.25, -0.2) is 0 Å². The average molecular weight is 578 g/mol. The van der Waals surface area contributed by atoms with E-state index in [2.05, 4.69) is 45.6 Å². The Morgan fingerprint density at radius 3 is 2.74 bits per heavy atom. The highest BCUT2D eigenvalue weighted by molar-refractivity contribution is 5.93. The molecule has 7 rings (SSSR count). The summed E-state index contributed by atoms with van der Waals surface area (Å²) in [4.78, 5) is 33.7. The number of pyridine rings is 1. The molecule has 0 unspecified atom stereocenters. The topological polar surface area (TPSA) is 98.5 Å².